The molecule has 0 fully saturated rings. The van der Waals surface area contributed by atoms with E-state index in [9.17, 15) is 4.79 Å². The lowest BCUT2D eigenvalue weighted by Gasteiger charge is -2.03. The number of carbonyl (C=O) groups is 1. The van der Waals surface area contributed by atoms with Crippen LogP contribution < -0.4 is 0 Å². The highest BCUT2D eigenvalue weighted by atomic mass is 79.9. The van der Waals surface area contributed by atoms with Gasteiger partial charge in [-0.2, -0.15) is 0 Å². The Hall–Kier alpha value is -1.06. The summed E-state index contributed by atoms with van der Waals surface area (Å²) in [4.78, 5) is 13.1. The second-order valence-corrected chi connectivity index (χ2v) is 6.00. The summed E-state index contributed by atoms with van der Waals surface area (Å²) >= 11 is 4.94. The molecule has 2 rings (SSSR count). The van der Waals surface area contributed by atoms with Crippen molar-refractivity contribution in [3.63, 3.8) is 0 Å². The molecule has 1 nitrogen and oxygen atoms in total. The van der Waals surface area contributed by atoms with Crippen LogP contribution in [-0.2, 0) is 0 Å². The third-order valence-electron chi connectivity index (χ3n) is 2.53. The lowest BCUT2D eigenvalue weighted by molar-refractivity contribution is 0.102. The highest BCUT2D eigenvalue weighted by molar-refractivity contribution is 9.10. The zero-order valence-corrected chi connectivity index (χ0v) is 12.4. The monoisotopic (exact) mass is 320 g/mol. The molecule has 0 bridgehead atoms. The molecule has 0 unspecified atom stereocenters. The molecule has 0 radical (unpaired) electrons. The molecule has 0 aromatic heterocycles. The maximum absolute atomic E-state index is 12.0. The Morgan fingerprint density at radius 3 is 2.56 bits per heavy atom. The molecule has 0 aliphatic carbocycles. The number of hydrogen-bond acceptors (Lipinski definition) is 2. The Balaban J connectivity index is 1.98. The van der Waals surface area contributed by atoms with E-state index in [0.29, 0.717) is 5.75 Å². The molecule has 2 aromatic carbocycles. The van der Waals surface area contributed by atoms with Crippen molar-refractivity contribution in [2.24, 2.45) is 0 Å². The lowest BCUT2D eigenvalue weighted by Crippen LogP contribution is -2.01. The van der Waals surface area contributed by atoms with E-state index in [1.165, 1.54) is 5.56 Å². The summed E-state index contributed by atoms with van der Waals surface area (Å²) < 4.78 is 0.991. The summed E-state index contributed by atoms with van der Waals surface area (Å²) in [5.74, 6) is 0.638. The summed E-state index contributed by atoms with van der Waals surface area (Å²) in [5.41, 5.74) is 1.98. The molecule has 0 N–H and O–H groups in total. The zero-order valence-electron chi connectivity index (χ0n) is 10.0. The predicted molar refractivity (Wildman–Crippen MR) is 80.4 cm³/mol. The fourth-order valence-electron chi connectivity index (χ4n) is 1.57. The minimum Gasteiger partial charge on any atom is -0.293 e. The zero-order chi connectivity index (χ0) is 13.0. The molecule has 0 spiro atoms. The van der Waals surface area contributed by atoms with Gasteiger partial charge in [0.1, 0.15) is 0 Å². The first-order valence-corrected chi connectivity index (χ1v) is 7.41. The average Bonchev–Trinajstić information content (AvgIpc) is 2.37. The highest BCUT2D eigenvalue weighted by Crippen LogP contribution is 2.20. The second-order valence-electron chi connectivity index (χ2n) is 4.04. The van der Waals surface area contributed by atoms with Crippen LogP contribution in [0.15, 0.2) is 57.9 Å². The van der Waals surface area contributed by atoms with Crippen LogP contribution in [0.4, 0.5) is 0 Å². The van der Waals surface area contributed by atoms with Crippen molar-refractivity contribution in [2.75, 3.05) is 5.75 Å². The van der Waals surface area contributed by atoms with Crippen LogP contribution >= 0.6 is 27.7 Å². The van der Waals surface area contributed by atoms with Crippen LogP contribution in [0.5, 0.6) is 0 Å². The van der Waals surface area contributed by atoms with Crippen molar-refractivity contribution in [2.45, 2.75) is 11.8 Å². The molecule has 0 amide bonds. The van der Waals surface area contributed by atoms with Crippen LogP contribution in [0.3, 0.4) is 0 Å². The minimum atomic E-state index is 0.161. The van der Waals surface area contributed by atoms with Gasteiger partial charge >= 0.3 is 0 Å². The van der Waals surface area contributed by atoms with Crippen LogP contribution in [-0.4, -0.2) is 11.5 Å². The number of hydrogen-bond donors (Lipinski definition) is 0. The SMILES string of the molecule is Cc1cccc(SCC(=O)c2ccc(Br)cc2)c1. The Kier molecular flexibility index (Phi) is 4.61. The van der Waals surface area contributed by atoms with Crippen molar-refractivity contribution >= 4 is 33.5 Å². The molecule has 3 heteroatoms. The highest BCUT2D eigenvalue weighted by Gasteiger charge is 2.06. The van der Waals surface area contributed by atoms with Gasteiger partial charge < -0.3 is 0 Å². The number of rotatable bonds is 4. The van der Waals surface area contributed by atoms with E-state index in [0.717, 1.165) is 14.9 Å². The topological polar surface area (TPSA) is 17.1 Å². The number of benzene rings is 2. The third-order valence-corrected chi connectivity index (χ3v) is 4.05. The number of Topliss-reactive ketones (excluding diaryl/α,β-unsaturated/α-hetero) is 1. The van der Waals surface area contributed by atoms with Gasteiger partial charge in [0.15, 0.2) is 5.78 Å². The molecule has 18 heavy (non-hydrogen) atoms. The van der Waals surface area contributed by atoms with E-state index in [-0.39, 0.29) is 5.78 Å². The van der Waals surface area contributed by atoms with Crippen molar-refractivity contribution in [1.29, 1.82) is 0 Å². The summed E-state index contributed by atoms with van der Waals surface area (Å²) in [5, 5.41) is 0. The molecule has 0 aliphatic heterocycles. The van der Waals surface area contributed by atoms with Crippen molar-refractivity contribution in [3.05, 3.63) is 64.1 Å². The van der Waals surface area contributed by atoms with E-state index in [1.807, 2.05) is 36.4 Å². The van der Waals surface area contributed by atoms with Crippen LogP contribution in [0, 0.1) is 6.92 Å². The molecule has 0 atom stereocenters. The predicted octanol–water partition coefficient (Wildman–Crippen LogP) is 4.73. The molecule has 0 saturated carbocycles. The molecule has 2 aromatic rings. The van der Waals surface area contributed by atoms with Gasteiger partial charge in [-0.05, 0) is 31.2 Å². The first-order chi connectivity index (χ1) is 8.65. The normalized spacial score (nSPS) is 10.3. The molecule has 92 valence electrons. The first kappa shape index (κ1) is 13.4. The number of ketones is 1. The molecule has 0 saturated heterocycles. The van der Waals surface area contributed by atoms with Gasteiger partial charge in [0, 0.05) is 14.9 Å². The summed E-state index contributed by atoms with van der Waals surface area (Å²) in [6.07, 6.45) is 0. The average molecular weight is 321 g/mol. The quantitative estimate of drug-likeness (QED) is 0.598. The van der Waals surface area contributed by atoms with Gasteiger partial charge in [-0.1, -0.05) is 45.8 Å². The standard InChI is InChI=1S/C15H13BrOS/c1-11-3-2-4-14(9-11)18-10-15(17)12-5-7-13(16)8-6-12/h2-9H,10H2,1H3. The summed E-state index contributed by atoms with van der Waals surface area (Å²) in [6, 6.07) is 15.7. The second kappa shape index (κ2) is 6.21. The molecule has 0 heterocycles. The van der Waals surface area contributed by atoms with Gasteiger partial charge in [0.25, 0.3) is 0 Å². The minimum absolute atomic E-state index is 0.161. The fourth-order valence-corrected chi connectivity index (χ4v) is 2.75. The number of thioether (sulfide) groups is 1. The van der Waals surface area contributed by atoms with Crippen LogP contribution in [0.25, 0.3) is 0 Å². The Morgan fingerprint density at radius 2 is 1.89 bits per heavy atom. The molecular weight excluding hydrogens is 308 g/mol. The third kappa shape index (κ3) is 3.72. The Bertz CT molecular complexity index is 549. The van der Waals surface area contributed by atoms with Crippen molar-refractivity contribution in [3.8, 4) is 0 Å². The number of halogens is 1. The molecule has 0 aliphatic rings. The van der Waals surface area contributed by atoms with E-state index >= 15 is 0 Å². The van der Waals surface area contributed by atoms with Gasteiger partial charge in [0.2, 0.25) is 0 Å². The van der Waals surface area contributed by atoms with Crippen LogP contribution in [0.2, 0.25) is 0 Å². The largest absolute Gasteiger partial charge is 0.293 e. The van der Waals surface area contributed by atoms with Crippen LogP contribution in [0.1, 0.15) is 15.9 Å². The summed E-state index contributed by atoms with van der Waals surface area (Å²) in [6.45, 7) is 2.06. The van der Waals surface area contributed by atoms with Gasteiger partial charge in [0.05, 0.1) is 5.75 Å². The maximum atomic E-state index is 12.0. The Labute approximate surface area is 120 Å². The molecular formula is C15H13BrOS. The fraction of sp³-hybridized carbons (Fsp3) is 0.133. The van der Waals surface area contributed by atoms with Gasteiger partial charge in [-0.3, -0.25) is 4.79 Å². The van der Waals surface area contributed by atoms with E-state index in [4.69, 9.17) is 0 Å². The summed E-state index contributed by atoms with van der Waals surface area (Å²) in [7, 11) is 0. The van der Waals surface area contributed by atoms with E-state index in [2.05, 4.69) is 35.0 Å². The number of aryl methyl sites for hydroxylation is 1. The van der Waals surface area contributed by atoms with Gasteiger partial charge in [-0.15, -0.1) is 11.8 Å². The van der Waals surface area contributed by atoms with E-state index in [1.54, 1.807) is 11.8 Å². The van der Waals surface area contributed by atoms with E-state index < -0.39 is 0 Å². The van der Waals surface area contributed by atoms with Gasteiger partial charge in [-0.25, -0.2) is 0 Å². The smallest absolute Gasteiger partial charge is 0.173 e. The Morgan fingerprint density at radius 1 is 1.17 bits per heavy atom. The first-order valence-electron chi connectivity index (χ1n) is 5.63. The van der Waals surface area contributed by atoms with Crippen molar-refractivity contribution in [1.82, 2.24) is 0 Å². The number of carbonyl (C=O) groups excluding carboxylic acids is 1. The van der Waals surface area contributed by atoms with Crippen molar-refractivity contribution < 1.29 is 4.79 Å². The maximum Gasteiger partial charge on any atom is 0.173 e. The lowest BCUT2D eigenvalue weighted by atomic mass is 10.2.